The van der Waals surface area contributed by atoms with Crippen molar-refractivity contribution in [3.8, 4) is 0 Å². The number of methoxy groups -OCH3 is 1. The molecule has 2 unspecified atom stereocenters. The first-order valence-corrected chi connectivity index (χ1v) is 12.2. The second-order valence-electron chi connectivity index (χ2n) is 11.1. The number of unbranched alkanes of at least 4 members (excludes halogenated alkanes) is 3. The molecule has 0 rings (SSSR count). The number of hydrogen-bond donors (Lipinski definition) is 3. The van der Waals surface area contributed by atoms with Crippen molar-refractivity contribution < 1.29 is 38.5 Å². The van der Waals surface area contributed by atoms with Crippen molar-refractivity contribution in [3.63, 3.8) is 0 Å². The summed E-state index contributed by atoms with van der Waals surface area (Å²) in [7, 11) is 1.28. The molecule has 0 radical (unpaired) electrons. The van der Waals surface area contributed by atoms with E-state index in [-0.39, 0.29) is 36.9 Å². The first-order chi connectivity index (χ1) is 16.1. The van der Waals surface area contributed by atoms with Crippen molar-refractivity contribution >= 4 is 23.9 Å². The summed E-state index contributed by atoms with van der Waals surface area (Å²) in [5.41, 5.74) is -0.149. The van der Waals surface area contributed by atoms with Crippen LogP contribution in [0.5, 0.6) is 0 Å². The third kappa shape index (κ3) is 18.8. The molecule has 0 bridgehead atoms. The monoisotopic (exact) mass is 502 g/mol. The highest BCUT2D eigenvalue weighted by Gasteiger charge is 2.25. The Morgan fingerprint density at radius 2 is 1.11 bits per heavy atom. The fourth-order valence-corrected chi connectivity index (χ4v) is 2.87. The lowest BCUT2D eigenvalue weighted by atomic mass is 9.96. The molecule has 0 aliphatic rings. The maximum Gasteiger partial charge on any atom is 0.323 e. The quantitative estimate of drug-likeness (QED) is 0.154. The fourth-order valence-electron chi connectivity index (χ4n) is 2.87. The minimum atomic E-state index is -1.08. The Hall–Kier alpha value is -2.20. The summed E-state index contributed by atoms with van der Waals surface area (Å²) >= 11 is 0. The van der Waals surface area contributed by atoms with Gasteiger partial charge in [-0.25, -0.2) is 0 Å². The number of nitrogens with one attached hydrogen (secondary N) is 2. The number of carbonyl (C=O) groups is 4. The van der Waals surface area contributed by atoms with E-state index in [1.54, 1.807) is 0 Å². The maximum atomic E-state index is 12.1. The summed E-state index contributed by atoms with van der Waals surface area (Å²) in [6.45, 7) is 13.5. The van der Waals surface area contributed by atoms with Gasteiger partial charge in [0.05, 0.1) is 33.2 Å². The second-order valence-corrected chi connectivity index (χ2v) is 11.1. The Morgan fingerprint density at radius 1 is 0.714 bits per heavy atom. The normalized spacial score (nSPS) is 13.6. The Kier molecular flexibility index (Phi) is 15.4. The lowest BCUT2D eigenvalue weighted by molar-refractivity contribution is -0.151. The molecule has 3 N–H and O–H groups in total. The van der Waals surface area contributed by atoms with Gasteiger partial charge in [-0.15, -0.1) is 0 Å². The molecule has 0 saturated carbocycles. The van der Waals surface area contributed by atoms with Gasteiger partial charge in [0.15, 0.2) is 0 Å². The zero-order valence-electron chi connectivity index (χ0n) is 22.5. The largest absolute Gasteiger partial charge is 0.480 e. The van der Waals surface area contributed by atoms with Crippen molar-refractivity contribution in [2.45, 2.75) is 92.2 Å². The third-order valence-electron chi connectivity index (χ3n) is 4.85. The van der Waals surface area contributed by atoms with E-state index in [1.807, 2.05) is 41.5 Å². The van der Waals surface area contributed by atoms with Crippen LogP contribution in [0.4, 0.5) is 0 Å². The van der Waals surface area contributed by atoms with E-state index in [0.717, 1.165) is 12.8 Å². The summed E-state index contributed by atoms with van der Waals surface area (Å²) in [6, 6.07) is -1.72. The van der Waals surface area contributed by atoms with Crippen LogP contribution >= 0.6 is 0 Å². The van der Waals surface area contributed by atoms with E-state index in [9.17, 15) is 24.3 Å². The van der Waals surface area contributed by atoms with Gasteiger partial charge in [-0.05, 0) is 36.5 Å². The average Bonchev–Trinajstić information content (AvgIpc) is 2.73. The summed E-state index contributed by atoms with van der Waals surface area (Å²) < 4.78 is 15.1. The van der Waals surface area contributed by atoms with Crippen LogP contribution < -0.4 is 10.6 Å². The van der Waals surface area contributed by atoms with Crippen LogP contribution in [0.3, 0.4) is 0 Å². The fraction of sp³-hybridized carbons (Fsp3) is 0.840. The van der Waals surface area contributed by atoms with Crippen molar-refractivity contribution in [1.82, 2.24) is 10.6 Å². The molecule has 2 atom stereocenters. The molecule has 10 nitrogen and oxygen atoms in total. The van der Waals surface area contributed by atoms with Gasteiger partial charge in [-0.1, -0.05) is 41.5 Å². The molecule has 0 aromatic heterocycles. The van der Waals surface area contributed by atoms with Crippen LogP contribution in [0.15, 0.2) is 0 Å². The summed E-state index contributed by atoms with van der Waals surface area (Å²) in [5, 5.41) is 15.2. The lowest BCUT2D eigenvalue weighted by Crippen LogP contribution is -2.43. The number of esters is 3. The van der Waals surface area contributed by atoms with Crippen LogP contribution in [0, 0.1) is 10.8 Å². The standard InChI is InChI=1S/C25H46N2O8/c1-24(2,3)16-26-18(22(30)31)14-20(28)34-12-10-8-9-11-13-35-21(29)15-19(23(32)33-7)27-17-25(4,5)6/h18-19,26-27H,8-17H2,1-7H3,(H,30,31). The van der Waals surface area contributed by atoms with Crippen LogP contribution in [-0.4, -0.2) is 74.5 Å². The minimum Gasteiger partial charge on any atom is -0.480 e. The van der Waals surface area contributed by atoms with Gasteiger partial charge in [-0.3, -0.25) is 19.2 Å². The van der Waals surface area contributed by atoms with Gasteiger partial charge in [-0.2, -0.15) is 0 Å². The van der Waals surface area contributed by atoms with E-state index in [1.165, 1.54) is 7.11 Å². The van der Waals surface area contributed by atoms with Crippen LogP contribution in [0.2, 0.25) is 0 Å². The maximum absolute atomic E-state index is 12.1. The molecule has 0 heterocycles. The Morgan fingerprint density at radius 3 is 1.49 bits per heavy atom. The van der Waals surface area contributed by atoms with Crippen LogP contribution in [0.25, 0.3) is 0 Å². The van der Waals surface area contributed by atoms with Crippen LogP contribution in [-0.2, 0) is 33.4 Å². The Labute approximate surface area is 209 Å². The van der Waals surface area contributed by atoms with Gasteiger partial charge in [0.2, 0.25) is 0 Å². The second kappa shape index (κ2) is 16.5. The number of ether oxygens (including phenoxy) is 3. The SMILES string of the molecule is COC(=O)C(CC(=O)OCCCCCCOC(=O)CC(NCC(C)(C)C)C(=O)O)NCC(C)(C)C. The van der Waals surface area contributed by atoms with Gasteiger partial charge in [0.25, 0.3) is 0 Å². The molecule has 0 aliphatic heterocycles. The highest BCUT2D eigenvalue weighted by molar-refractivity contribution is 5.82. The predicted octanol–water partition coefficient (Wildman–Crippen LogP) is 2.68. The van der Waals surface area contributed by atoms with Crippen molar-refractivity contribution in [1.29, 1.82) is 0 Å². The molecule has 0 aromatic rings. The first-order valence-electron chi connectivity index (χ1n) is 12.2. The zero-order chi connectivity index (χ0) is 27.1. The Bertz CT molecular complexity index is 667. The predicted molar refractivity (Wildman–Crippen MR) is 132 cm³/mol. The number of carbonyl (C=O) groups excluding carboxylic acids is 3. The molecule has 10 heteroatoms. The molecule has 0 aromatic carbocycles. The summed E-state index contributed by atoms with van der Waals surface area (Å²) in [5.74, 6) is -2.60. The number of aliphatic carboxylic acids is 1. The van der Waals surface area contributed by atoms with E-state index >= 15 is 0 Å². The molecule has 204 valence electrons. The van der Waals surface area contributed by atoms with Gasteiger partial charge in [0.1, 0.15) is 12.1 Å². The highest BCUT2D eigenvalue weighted by atomic mass is 16.5. The molecular formula is C25H46N2O8. The minimum absolute atomic E-state index is 0.0500. The molecule has 0 saturated heterocycles. The van der Waals surface area contributed by atoms with E-state index in [2.05, 4.69) is 10.6 Å². The van der Waals surface area contributed by atoms with Crippen molar-refractivity contribution in [2.24, 2.45) is 10.8 Å². The number of hydrogen-bond acceptors (Lipinski definition) is 9. The number of carboxylic acids is 1. The Balaban J connectivity index is 4.05. The van der Waals surface area contributed by atoms with Crippen molar-refractivity contribution in [3.05, 3.63) is 0 Å². The smallest absolute Gasteiger partial charge is 0.323 e. The summed E-state index contributed by atoms with van der Waals surface area (Å²) in [6.07, 6.45) is 2.51. The molecule has 35 heavy (non-hydrogen) atoms. The van der Waals surface area contributed by atoms with Gasteiger partial charge < -0.3 is 30.0 Å². The van der Waals surface area contributed by atoms with Gasteiger partial charge in [0, 0.05) is 13.1 Å². The molecule has 0 spiro atoms. The lowest BCUT2D eigenvalue weighted by Gasteiger charge is -2.23. The third-order valence-corrected chi connectivity index (χ3v) is 4.85. The number of carboxylic acid groups (broad SMARTS) is 1. The molecule has 0 amide bonds. The first kappa shape index (κ1) is 32.8. The molecule has 0 aliphatic carbocycles. The van der Waals surface area contributed by atoms with Crippen LogP contribution in [0.1, 0.15) is 80.1 Å². The average molecular weight is 503 g/mol. The van der Waals surface area contributed by atoms with Gasteiger partial charge >= 0.3 is 23.9 Å². The van der Waals surface area contributed by atoms with Crippen molar-refractivity contribution in [2.75, 3.05) is 33.4 Å². The highest BCUT2D eigenvalue weighted by Crippen LogP contribution is 2.13. The van der Waals surface area contributed by atoms with E-state index < -0.39 is 36.0 Å². The van der Waals surface area contributed by atoms with E-state index in [4.69, 9.17) is 14.2 Å². The topological polar surface area (TPSA) is 140 Å². The molecule has 0 fully saturated rings. The number of rotatable bonds is 17. The summed E-state index contributed by atoms with van der Waals surface area (Å²) in [4.78, 5) is 47.2. The molecular weight excluding hydrogens is 456 g/mol. The van der Waals surface area contributed by atoms with E-state index in [0.29, 0.717) is 25.9 Å². The zero-order valence-corrected chi connectivity index (χ0v) is 22.5.